The van der Waals surface area contributed by atoms with Gasteiger partial charge < -0.3 is 4.74 Å². The third-order valence-electron chi connectivity index (χ3n) is 2.31. The lowest BCUT2D eigenvalue weighted by atomic mass is 10.1. The molecule has 1 aromatic carbocycles. The van der Waals surface area contributed by atoms with Crippen LogP contribution in [0.25, 0.3) is 0 Å². The van der Waals surface area contributed by atoms with Crippen molar-refractivity contribution in [2.45, 2.75) is 0 Å². The van der Waals surface area contributed by atoms with Crippen LogP contribution >= 0.6 is 0 Å². The maximum atomic E-state index is 11.7. The molecule has 0 bridgehead atoms. The summed E-state index contributed by atoms with van der Waals surface area (Å²) in [5.41, 5.74) is 0.428. The van der Waals surface area contributed by atoms with E-state index in [1.807, 2.05) is 0 Å². The van der Waals surface area contributed by atoms with Gasteiger partial charge in [0.15, 0.2) is 5.78 Å². The van der Waals surface area contributed by atoms with Crippen molar-refractivity contribution in [2.24, 2.45) is 0 Å². The Balaban J connectivity index is 2.66. The Morgan fingerprint density at radius 2 is 1.83 bits per heavy atom. The SMILES string of the molecule is COc1ccc(C(=O)CNS(=O)(=O)N(C)C)cc1. The highest BCUT2D eigenvalue weighted by atomic mass is 32.2. The third kappa shape index (κ3) is 3.80. The number of nitrogens with zero attached hydrogens (tertiary/aromatic N) is 1. The number of carbonyl (C=O) groups is 1. The average Bonchev–Trinajstić information content (AvgIpc) is 2.36. The van der Waals surface area contributed by atoms with Gasteiger partial charge in [0.25, 0.3) is 10.2 Å². The van der Waals surface area contributed by atoms with Crippen molar-refractivity contribution in [3.8, 4) is 5.75 Å². The van der Waals surface area contributed by atoms with Gasteiger partial charge in [0.1, 0.15) is 5.75 Å². The predicted molar refractivity (Wildman–Crippen MR) is 67.9 cm³/mol. The smallest absolute Gasteiger partial charge is 0.279 e. The van der Waals surface area contributed by atoms with Gasteiger partial charge in [0.2, 0.25) is 0 Å². The maximum Gasteiger partial charge on any atom is 0.279 e. The fourth-order valence-electron chi connectivity index (χ4n) is 1.16. The summed E-state index contributed by atoms with van der Waals surface area (Å²) in [6.45, 7) is -0.271. The Bertz CT molecular complexity index is 508. The molecule has 0 aliphatic heterocycles. The molecule has 0 radical (unpaired) electrons. The summed E-state index contributed by atoms with van der Waals surface area (Å²) in [4.78, 5) is 11.7. The zero-order chi connectivity index (χ0) is 13.8. The van der Waals surface area contributed by atoms with Gasteiger partial charge in [-0.05, 0) is 24.3 Å². The zero-order valence-corrected chi connectivity index (χ0v) is 11.3. The second-order valence-corrected chi connectivity index (χ2v) is 5.73. The fraction of sp³-hybridized carbons (Fsp3) is 0.364. The molecule has 0 saturated carbocycles. The van der Waals surface area contributed by atoms with Gasteiger partial charge in [-0.15, -0.1) is 0 Å². The van der Waals surface area contributed by atoms with Crippen LogP contribution in [0.4, 0.5) is 0 Å². The molecule has 7 heteroatoms. The Hall–Kier alpha value is -1.44. The van der Waals surface area contributed by atoms with Crippen LogP contribution in [0.1, 0.15) is 10.4 Å². The molecule has 6 nitrogen and oxygen atoms in total. The number of Topliss-reactive ketones (excluding diaryl/α,β-unsaturated/α-hetero) is 1. The monoisotopic (exact) mass is 272 g/mol. The molecule has 0 spiro atoms. The number of ether oxygens (including phenoxy) is 1. The molecule has 1 rings (SSSR count). The summed E-state index contributed by atoms with van der Waals surface area (Å²) < 4.78 is 31.0. The Morgan fingerprint density at radius 1 is 1.28 bits per heavy atom. The first-order chi connectivity index (χ1) is 8.36. The topological polar surface area (TPSA) is 75.7 Å². The van der Waals surface area contributed by atoms with Crippen LogP contribution in [0.5, 0.6) is 5.75 Å². The van der Waals surface area contributed by atoms with Crippen LogP contribution in [0.15, 0.2) is 24.3 Å². The first-order valence-electron chi connectivity index (χ1n) is 5.21. The highest BCUT2D eigenvalue weighted by molar-refractivity contribution is 7.87. The van der Waals surface area contributed by atoms with Crippen molar-refractivity contribution in [3.63, 3.8) is 0 Å². The summed E-state index contributed by atoms with van der Waals surface area (Å²) in [6, 6.07) is 6.47. The molecular formula is C11H16N2O4S. The van der Waals surface area contributed by atoms with E-state index in [0.717, 1.165) is 4.31 Å². The highest BCUT2D eigenvalue weighted by Crippen LogP contribution is 2.11. The van der Waals surface area contributed by atoms with Crippen molar-refractivity contribution >= 4 is 16.0 Å². The van der Waals surface area contributed by atoms with Gasteiger partial charge >= 0.3 is 0 Å². The van der Waals surface area contributed by atoms with Gasteiger partial charge in [0, 0.05) is 19.7 Å². The summed E-state index contributed by atoms with van der Waals surface area (Å²) in [5, 5.41) is 0. The lowest BCUT2D eigenvalue weighted by molar-refractivity contribution is 0.0996. The second kappa shape index (κ2) is 5.94. The van der Waals surface area contributed by atoms with E-state index in [4.69, 9.17) is 4.74 Å². The number of benzene rings is 1. The van der Waals surface area contributed by atoms with Crippen molar-refractivity contribution in [2.75, 3.05) is 27.7 Å². The van der Waals surface area contributed by atoms with E-state index in [1.165, 1.54) is 21.2 Å². The van der Waals surface area contributed by atoms with Crippen LogP contribution in [0.2, 0.25) is 0 Å². The minimum absolute atomic E-state index is 0.271. The lowest BCUT2D eigenvalue weighted by Crippen LogP contribution is -2.38. The molecule has 0 aromatic heterocycles. The second-order valence-electron chi connectivity index (χ2n) is 3.76. The molecule has 0 heterocycles. The number of hydrogen-bond donors (Lipinski definition) is 1. The molecule has 0 aliphatic carbocycles. The van der Waals surface area contributed by atoms with E-state index < -0.39 is 10.2 Å². The molecule has 100 valence electrons. The summed E-state index contributed by atoms with van der Waals surface area (Å²) >= 11 is 0. The number of carbonyl (C=O) groups excluding carboxylic acids is 1. The summed E-state index contributed by atoms with van der Waals surface area (Å²) in [7, 11) is 0.732. The largest absolute Gasteiger partial charge is 0.497 e. The number of hydrogen-bond acceptors (Lipinski definition) is 4. The van der Waals surface area contributed by atoms with Gasteiger partial charge in [-0.2, -0.15) is 17.4 Å². The molecule has 18 heavy (non-hydrogen) atoms. The minimum Gasteiger partial charge on any atom is -0.497 e. The minimum atomic E-state index is -3.58. The van der Waals surface area contributed by atoms with Crippen LogP contribution in [0.3, 0.4) is 0 Å². The van der Waals surface area contributed by atoms with Crippen molar-refractivity contribution in [3.05, 3.63) is 29.8 Å². The molecular weight excluding hydrogens is 256 g/mol. The Labute approximate surface area is 107 Å². The maximum absolute atomic E-state index is 11.7. The predicted octanol–water partition coefficient (Wildman–Crippen LogP) is 0.274. The standard InChI is InChI=1S/C11H16N2O4S/c1-13(2)18(15,16)12-8-11(14)9-4-6-10(17-3)7-5-9/h4-7,12H,8H2,1-3H3. The first-order valence-corrected chi connectivity index (χ1v) is 6.65. The van der Waals surface area contributed by atoms with Crippen molar-refractivity contribution in [1.82, 2.24) is 9.03 Å². The van der Waals surface area contributed by atoms with E-state index in [9.17, 15) is 13.2 Å². The van der Waals surface area contributed by atoms with Crippen LogP contribution < -0.4 is 9.46 Å². The molecule has 0 amide bonds. The number of methoxy groups -OCH3 is 1. The third-order valence-corrected chi connectivity index (χ3v) is 3.78. The van der Waals surface area contributed by atoms with Crippen LogP contribution in [-0.4, -0.2) is 46.3 Å². The molecule has 0 unspecified atom stereocenters. The highest BCUT2D eigenvalue weighted by Gasteiger charge is 2.15. The van der Waals surface area contributed by atoms with E-state index in [-0.39, 0.29) is 12.3 Å². The van der Waals surface area contributed by atoms with E-state index >= 15 is 0 Å². The Morgan fingerprint density at radius 3 is 2.28 bits per heavy atom. The normalized spacial score (nSPS) is 11.6. The van der Waals surface area contributed by atoms with Gasteiger partial charge in [0.05, 0.1) is 13.7 Å². The lowest BCUT2D eigenvalue weighted by Gasteiger charge is -2.11. The van der Waals surface area contributed by atoms with Crippen LogP contribution in [0, 0.1) is 0 Å². The van der Waals surface area contributed by atoms with Crippen molar-refractivity contribution < 1.29 is 17.9 Å². The quantitative estimate of drug-likeness (QED) is 0.754. The summed E-state index contributed by atoms with van der Waals surface area (Å²) in [5.74, 6) is 0.337. The molecule has 1 aromatic rings. The molecule has 0 saturated heterocycles. The van der Waals surface area contributed by atoms with E-state index in [1.54, 1.807) is 24.3 Å². The average molecular weight is 272 g/mol. The van der Waals surface area contributed by atoms with E-state index in [2.05, 4.69) is 4.72 Å². The molecule has 0 aliphatic rings. The van der Waals surface area contributed by atoms with Gasteiger partial charge in [-0.25, -0.2) is 0 Å². The fourth-order valence-corrected chi connectivity index (χ4v) is 1.74. The summed E-state index contributed by atoms with van der Waals surface area (Å²) in [6.07, 6.45) is 0. The number of nitrogens with one attached hydrogen (secondary N) is 1. The first kappa shape index (κ1) is 14.6. The Kier molecular flexibility index (Phi) is 4.83. The molecule has 0 atom stereocenters. The van der Waals surface area contributed by atoms with Gasteiger partial charge in [-0.3, -0.25) is 4.79 Å². The number of rotatable bonds is 6. The molecule has 0 fully saturated rings. The van der Waals surface area contributed by atoms with Crippen molar-refractivity contribution in [1.29, 1.82) is 0 Å². The zero-order valence-electron chi connectivity index (χ0n) is 10.5. The van der Waals surface area contributed by atoms with E-state index in [0.29, 0.717) is 11.3 Å². The van der Waals surface area contributed by atoms with Gasteiger partial charge in [-0.1, -0.05) is 0 Å². The number of ketones is 1. The van der Waals surface area contributed by atoms with Crippen LogP contribution in [-0.2, 0) is 10.2 Å². The molecule has 1 N–H and O–H groups in total.